The van der Waals surface area contributed by atoms with Gasteiger partial charge in [0.05, 0.1) is 6.20 Å². The molecule has 0 saturated carbocycles. The molecule has 0 N–H and O–H groups in total. The van der Waals surface area contributed by atoms with Crippen molar-refractivity contribution in [1.29, 1.82) is 0 Å². The minimum atomic E-state index is -0.0203. The lowest BCUT2D eigenvalue weighted by molar-refractivity contribution is 0.100. The van der Waals surface area contributed by atoms with E-state index in [0.29, 0.717) is 11.4 Å². The van der Waals surface area contributed by atoms with Crippen molar-refractivity contribution in [2.45, 2.75) is 25.9 Å². The Kier molecular flexibility index (Phi) is 3.68. The van der Waals surface area contributed by atoms with Gasteiger partial charge in [0.2, 0.25) is 5.88 Å². The maximum Gasteiger partial charge on any atom is 0.234 e. The number of aromatic nitrogens is 2. The van der Waals surface area contributed by atoms with Crippen LogP contribution in [0, 0.1) is 0 Å². The van der Waals surface area contributed by atoms with E-state index >= 15 is 0 Å². The van der Waals surface area contributed by atoms with E-state index in [9.17, 15) is 4.79 Å². The van der Waals surface area contributed by atoms with Gasteiger partial charge in [0.15, 0.2) is 5.78 Å². The van der Waals surface area contributed by atoms with Crippen LogP contribution in [0.1, 0.15) is 30.1 Å². The Hall–Kier alpha value is -1.49. The quantitative estimate of drug-likeness (QED) is 0.736. The highest BCUT2D eigenvalue weighted by atomic mass is 16.5. The van der Waals surface area contributed by atoms with E-state index in [4.69, 9.17) is 4.74 Å². The molecule has 0 aliphatic carbocycles. The second kappa shape index (κ2) is 5.23. The number of likely N-dealkylation sites (tertiary alicyclic amines) is 1. The lowest BCUT2D eigenvalue weighted by Crippen LogP contribution is -2.35. The van der Waals surface area contributed by atoms with Gasteiger partial charge in [-0.2, -0.15) is 5.10 Å². The van der Waals surface area contributed by atoms with Crippen molar-refractivity contribution in [1.82, 2.24) is 15.1 Å². The summed E-state index contributed by atoms with van der Waals surface area (Å²) in [5.74, 6) is 0.431. The molecule has 17 heavy (non-hydrogen) atoms. The van der Waals surface area contributed by atoms with Crippen molar-refractivity contribution in [2.75, 3.05) is 20.1 Å². The van der Waals surface area contributed by atoms with Crippen molar-refractivity contribution < 1.29 is 9.53 Å². The highest BCUT2D eigenvalue weighted by Crippen LogP contribution is 2.16. The second-order valence-corrected chi connectivity index (χ2v) is 4.46. The van der Waals surface area contributed by atoms with Crippen molar-refractivity contribution in [3.8, 4) is 5.88 Å². The number of hydrogen-bond donors (Lipinski definition) is 0. The molecule has 1 aromatic rings. The Morgan fingerprint density at radius 2 is 2.18 bits per heavy atom. The predicted octanol–water partition coefficient (Wildman–Crippen LogP) is 1.15. The van der Waals surface area contributed by atoms with Gasteiger partial charge in [-0.05, 0) is 26.8 Å². The third-order valence-corrected chi connectivity index (χ3v) is 2.99. The fourth-order valence-corrected chi connectivity index (χ4v) is 1.87. The van der Waals surface area contributed by atoms with E-state index in [2.05, 4.69) is 22.1 Å². The van der Waals surface area contributed by atoms with Crippen LogP contribution in [0.5, 0.6) is 5.88 Å². The van der Waals surface area contributed by atoms with Crippen LogP contribution in [0.15, 0.2) is 12.3 Å². The maximum atomic E-state index is 11.2. The first kappa shape index (κ1) is 12.0. The van der Waals surface area contributed by atoms with Crippen LogP contribution in [0.2, 0.25) is 0 Å². The van der Waals surface area contributed by atoms with E-state index in [1.807, 2.05) is 0 Å². The fourth-order valence-electron chi connectivity index (χ4n) is 1.87. The topological polar surface area (TPSA) is 55.3 Å². The van der Waals surface area contributed by atoms with Crippen LogP contribution in [-0.2, 0) is 0 Å². The van der Waals surface area contributed by atoms with E-state index in [1.54, 1.807) is 6.07 Å². The first-order valence-corrected chi connectivity index (χ1v) is 5.84. The van der Waals surface area contributed by atoms with Gasteiger partial charge in [0.1, 0.15) is 6.10 Å². The minimum absolute atomic E-state index is 0.0203. The normalized spacial score (nSPS) is 18.0. The largest absolute Gasteiger partial charge is 0.473 e. The zero-order chi connectivity index (χ0) is 12.3. The molecule has 2 heterocycles. The summed E-state index contributed by atoms with van der Waals surface area (Å²) in [6.45, 7) is 3.57. The number of ketones is 1. The minimum Gasteiger partial charge on any atom is -0.473 e. The van der Waals surface area contributed by atoms with E-state index in [-0.39, 0.29) is 11.9 Å². The van der Waals surface area contributed by atoms with Crippen molar-refractivity contribution in [2.24, 2.45) is 0 Å². The summed E-state index contributed by atoms with van der Waals surface area (Å²) in [5, 5.41) is 7.68. The number of rotatable bonds is 3. The zero-order valence-electron chi connectivity index (χ0n) is 10.2. The summed E-state index contributed by atoms with van der Waals surface area (Å²) in [4.78, 5) is 13.5. The number of hydrogen-bond acceptors (Lipinski definition) is 5. The summed E-state index contributed by atoms with van der Waals surface area (Å²) in [5.41, 5.74) is 0.544. The maximum absolute atomic E-state index is 11.2. The standard InChI is InChI=1S/C12H17N3O2/c1-9(16)10-7-12(14-13-8-10)17-11-3-5-15(2)6-4-11/h7-8,11H,3-6H2,1-2H3. The summed E-state index contributed by atoms with van der Waals surface area (Å²) >= 11 is 0. The molecular formula is C12H17N3O2. The molecule has 5 nitrogen and oxygen atoms in total. The van der Waals surface area contributed by atoms with Crippen molar-refractivity contribution in [3.05, 3.63) is 17.8 Å². The molecule has 0 radical (unpaired) electrons. The molecule has 0 spiro atoms. The molecule has 1 aliphatic rings. The summed E-state index contributed by atoms with van der Waals surface area (Å²) in [6, 6.07) is 1.66. The van der Waals surface area contributed by atoms with E-state index in [1.165, 1.54) is 13.1 Å². The van der Waals surface area contributed by atoms with Crippen LogP contribution < -0.4 is 4.74 Å². The molecule has 92 valence electrons. The van der Waals surface area contributed by atoms with Gasteiger partial charge in [-0.15, -0.1) is 5.10 Å². The summed E-state index contributed by atoms with van der Waals surface area (Å²) < 4.78 is 5.74. The molecule has 1 aromatic heterocycles. The Labute approximate surface area is 101 Å². The Morgan fingerprint density at radius 3 is 2.82 bits per heavy atom. The Bertz CT molecular complexity index is 400. The first-order chi connectivity index (χ1) is 8.15. The third kappa shape index (κ3) is 3.23. The van der Waals surface area contributed by atoms with Crippen molar-refractivity contribution >= 4 is 5.78 Å². The fraction of sp³-hybridized carbons (Fsp3) is 0.583. The molecule has 5 heteroatoms. The van der Waals surface area contributed by atoms with Gasteiger partial charge >= 0.3 is 0 Å². The predicted molar refractivity (Wildman–Crippen MR) is 63.2 cm³/mol. The highest BCUT2D eigenvalue weighted by Gasteiger charge is 2.18. The lowest BCUT2D eigenvalue weighted by atomic mass is 10.1. The zero-order valence-corrected chi connectivity index (χ0v) is 10.2. The van der Waals surface area contributed by atoms with Crippen LogP contribution in [0.3, 0.4) is 0 Å². The molecule has 0 aromatic carbocycles. The average molecular weight is 235 g/mol. The highest BCUT2D eigenvalue weighted by molar-refractivity contribution is 5.93. The molecule has 0 atom stereocenters. The Morgan fingerprint density at radius 1 is 1.47 bits per heavy atom. The van der Waals surface area contributed by atoms with Gasteiger partial charge < -0.3 is 9.64 Å². The van der Waals surface area contributed by atoms with E-state index in [0.717, 1.165) is 25.9 Å². The van der Waals surface area contributed by atoms with Crippen LogP contribution >= 0.6 is 0 Å². The first-order valence-electron chi connectivity index (χ1n) is 5.84. The number of nitrogens with zero attached hydrogens (tertiary/aromatic N) is 3. The van der Waals surface area contributed by atoms with Crippen LogP contribution in [0.4, 0.5) is 0 Å². The molecule has 1 fully saturated rings. The molecule has 1 saturated heterocycles. The summed E-state index contributed by atoms with van der Waals surface area (Å²) in [6.07, 6.45) is 3.62. The number of carbonyl (C=O) groups is 1. The van der Waals surface area contributed by atoms with Gasteiger partial charge in [0.25, 0.3) is 0 Å². The monoisotopic (exact) mass is 235 g/mol. The number of Topliss-reactive ketones (excluding diaryl/α,β-unsaturated/α-hetero) is 1. The molecule has 1 aliphatic heterocycles. The van der Waals surface area contributed by atoms with Gasteiger partial charge in [-0.25, -0.2) is 0 Å². The molecule has 2 rings (SSSR count). The van der Waals surface area contributed by atoms with Gasteiger partial charge in [-0.1, -0.05) is 0 Å². The van der Waals surface area contributed by atoms with Crippen LogP contribution in [-0.4, -0.2) is 47.1 Å². The lowest BCUT2D eigenvalue weighted by Gasteiger charge is -2.28. The number of piperidine rings is 1. The summed E-state index contributed by atoms with van der Waals surface area (Å²) in [7, 11) is 2.10. The molecule has 0 unspecified atom stereocenters. The van der Waals surface area contributed by atoms with Crippen LogP contribution in [0.25, 0.3) is 0 Å². The Balaban J connectivity index is 1.98. The number of carbonyl (C=O) groups excluding carboxylic acids is 1. The SMILES string of the molecule is CC(=O)c1cnnc(OC2CCN(C)CC2)c1. The average Bonchev–Trinajstić information content (AvgIpc) is 2.32. The molecule has 0 bridgehead atoms. The smallest absolute Gasteiger partial charge is 0.234 e. The molecule has 0 amide bonds. The molecular weight excluding hydrogens is 218 g/mol. The van der Waals surface area contributed by atoms with E-state index < -0.39 is 0 Å². The van der Waals surface area contributed by atoms with Gasteiger partial charge in [0, 0.05) is 24.7 Å². The van der Waals surface area contributed by atoms with Crippen molar-refractivity contribution in [3.63, 3.8) is 0 Å². The number of ether oxygens (including phenoxy) is 1. The van der Waals surface area contributed by atoms with Gasteiger partial charge in [-0.3, -0.25) is 4.79 Å². The second-order valence-electron chi connectivity index (χ2n) is 4.46. The third-order valence-electron chi connectivity index (χ3n) is 2.99.